The lowest BCUT2D eigenvalue weighted by Crippen LogP contribution is -2.34. The Bertz CT molecular complexity index is 4200. The molecule has 0 heterocycles. The van der Waals surface area contributed by atoms with Crippen molar-refractivity contribution in [3.05, 3.63) is 173 Å². The number of rotatable bonds is 36. The fourth-order valence-corrected chi connectivity index (χ4v) is 14.5. The van der Waals surface area contributed by atoms with E-state index in [1.165, 1.54) is 0 Å². The summed E-state index contributed by atoms with van der Waals surface area (Å²) in [4.78, 5) is 164. The Morgan fingerprint density at radius 2 is 0.311 bits per heavy atom. The first kappa shape index (κ1) is 107. The molecule has 132 heavy (non-hydrogen) atoms. The van der Waals surface area contributed by atoms with E-state index in [9.17, 15) is 57.5 Å². The third-order valence-electron chi connectivity index (χ3n) is 21.4. The van der Waals surface area contributed by atoms with Crippen molar-refractivity contribution < 1.29 is 114 Å². The SMILES string of the molecule is CCOC(=O)CNC(=O)COc1c2cc(C(C)(C)C)cc1Cc1cc(C(C)(C)C)cc(c1OCC(=O)NCC(=O)OCC)Cc1cc(C(C)(C)C)cc(c1OCC(=O)NCC(=O)OCC)Cc1cc(C(C)(C)C)cc(c1OCC(=O)NCC(=O)OCC)Cc1cc(C(C)(C)C)cc(c1OCC(=O)NCC(=O)OCC)Cc1cc(C(C)(C)C)cc(c1OCC(=O)NCC(=O)OCC)C2. The van der Waals surface area contributed by atoms with Crippen LogP contribution in [0.2, 0.25) is 0 Å². The summed E-state index contributed by atoms with van der Waals surface area (Å²) >= 11 is 0. The average Bonchev–Trinajstić information content (AvgIpc) is 0.764. The molecule has 0 aromatic heterocycles. The van der Waals surface area contributed by atoms with Gasteiger partial charge in [0.05, 0.1) is 39.6 Å². The van der Waals surface area contributed by atoms with Gasteiger partial charge in [0.25, 0.3) is 35.4 Å². The van der Waals surface area contributed by atoms with Crippen LogP contribution in [0.25, 0.3) is 0 Å². The molecule has 6 amide bonds. The first-order valence-electron chi connectivity index (χ1n) is 45.1. The first-order valence-corrected chi connectivity index (χ1v) is 45.1. The Hall–Kier alpha value is -12.2. The highest BCUT2D eigenvalue weighted by molar-refractivity contribution is 5.87. The monoisotopic (exact) mass is 1830 g/mol. The smallest absolute Gasteiger partial charge is 0.325 e. The molecule has 0 saturated carbocycles. The number of esters is 6. The highest BCUT2D eigenvalue weighted by Gasteiger charge is 2.34. The number of hydrogen-bond donors (Lipinski definition) is 6. The van der Waals surface area contributed by atoms with E-state index in [0.29, 0.717) is 66.8 Å². The molecule has 720 valence electrons. The molecule has 7 rings (SSSR count). The number of benzene rings is 6. The Labute approximate surface area is 776 Å². The quantitative estimate of drug-likeness (QED) is 0.0157. The molecule has 0 radical (unpaired) electrons. The third-order valence-corrected chi connectivity index (χ3v) is 21.4. The third kappa shape index (κ3) is 32.6. The van der Waals surface area contributed by atoms with Crippen LogP contribution in [0, 0.1) is 0 Å². The Morgan fingerprint density at radius 1 is 0.205 bits per heavy atom. The number of amides is 6. The molecule has 6 aromatic rings. The molecule has 0 saturated heterocycles. The van der Waals surface area contributed by atoms with Crippen molar-refractivity contribution in [3.8, 4) is 34.5 Å². The Balaban J connectivity index is 1.82. The zero-order valence-corrected chi connectivity index (χ0v) is 81.7. The van der Waals surface area contributed by atoms with Gasteiger partial charge in [-0.2, -0.15) is 0 Å². The first-order chi connectivity index (χ1) is 61.8. The molecule has 0 atom stereocenters. The van der Waals surface area contributed by atoms with Crippen molar-refractivity contribution in [1.29, 1.82) is 0 Å². The van der Waals surface area contributed by atoms with Crippen LogP contribution in [0.4, 0.5) is 0 Å². The zero-order chi connectivity index (χ0) is 98.0. The standard InChI is InChI=1S/C102H138N6O24/c1-25-121-85(115)49-103-79(109)55-127-91-61-31-63-39-74(98(10,11)12)41-65(92(63)128-56-80(110)104-50-86(116)122-26-2)33-67-43-76(100(16,17)18)45-69(94(67)130-58-82(112)106-52-88(118)124-28-4)35-71-47-78(102(22,23)24)48-72(96(71)132-60-84(114)108-54-90(120)126-30-6)36-70-46-77(101(19,20)21)44-68(95(70)131-59-83(113)107-53-89(119)125-29-5)34-66-42-75(99(13,14)15)40-64(32-62(91)38-73(37-61)97(7,8)9)93(66)129-57-81(111)105-51-87(117)123-27-3/h37-48H,25-36,49-60H2,1-24H3,(H,103,109)(H,104,110)(H,105,111)(H,106,112)(H,107,113)(H,108,114). The van der Waals surface area contributed by atoms with Crippen molar-refractivity contribution in [2.24, 2.45) is 0 Å². The number of nitrogens with one attached hydrogen (secondary N) is 6. The topological polar surface area (TPSA) is 388 Å². The molecule has 30 heteroatoms. The summed E-state index contributed by atoms with van der Waals surface area (Å²) in [5, 5.41) is 15.9. The van der Waals surface area contributed by atoms with Gasteiger partial charge in [0.2, 0.25) is 0 Å². The lowest BCUT2D eigenvalue weighted by atomic mass is 9.79. The maximum absolute atomic E-state index is 14.5. The summed E-state index contributed by atoms with van der Waals surface area (Å²) in [7, 11) is 0. The van der Waals surface area contributed by atoms with Crippen molar-refractivity contribution in [2.75, 3.05) is 119 Å². The maximum atomic E-state index is 14.5. The fourth-order valence-electron chi connectivity index (χ4n) is 14.5. The minimum atomic E-state index is -0.692. The van der Waals surface area contributed by atoms with Gasteiger partial charge in [-0.05, 0) is 174 Å². The second-order valence-corrected chi connectivity index (χ2v) is 38.5. The van der Waals surface area contributed by atoms with Crippen molar-refractivity contribution >= 4 is 71.3 Å². The van der Waals surface area contributed by atoms with E-state index in [1.54, 1.807) is 41.5 Å². The van der Waals surface area contributed by atoms with Gasteiger partial charge < -0.3 is 88.7 Å². The molecule has 0 spiro atoms. The predicted octanol–water partition coefficient (Wildman–Crippen LogP) is 11.7. The van der Waals surface area contributed by atoms with Gasteiger partial charge in [-0.15, -0.1) is 0 Å². The Kier molecular flexibility index (Phi) is 38.6. The number of carbonyl (C=O) groups excluding carboxylic acids is 12. The second kappa shape index (κ2) is 47.7. The maximum Gasteiger partial charge on any atom is 0.325 e. The van der Waals surface area contributed by atoms with Gasteiger partial charge in [0, 0.05) is 38.5 Å². The summed E-state index contributed by atoms with van der Waals surface area (Å²) in [5.74, 6) is -7.12. The molecule has 0 fully saturated rings. The van der Waals surface area contributed by atoms with Crippen molar-refractivity contribution in [1.82, 2.24) is 31.9 Å². The van der Waals surface area contributed by atoms with Crippen LogP contribution in [0.3, 0.4) is 0 Å². The van der Waals surface area contributed by atoms with Gasteiger partial charge in [0.15, 0.2) is 39.6 Å². The van der Waals surface area contributed by atoms with E-state index in [2.05, 4.69) is 31.9 Å². The van der Waals surface area contributed by atoms with E-state index in [1.807, 2.05) is 197 Å². The minimum absolute atomic E-state index is 0.0501. The summed E-state index contributed by atoms with van der Waals surface area (Å²) in [6.45, 7) is 40.0. The second-order valence-electron chi connectivity index (χ2n) is 38.5. The summed E-state index contributed by atoms with van der Waals surface area (Å²) < 4.78 is 73.4. The minimum Gasteiger partial charge on any atom is -0.483 e. The highest BCUT2D eigenvalue weighted by Crippen LogP contribution is 2.47. The summed E-state index contributed by atoms with van der Waals surface area (Å²) in [6.07, 6.45) is -0.452. The van der Waals surface area contributed by atoms with Crippen LogP contribution in [-0.4, -0.2) is 190 Å². The molecule has 1 aliphatic rings. The fraction of sp³-hybridized carbons (Fsp3) is 0.529. The number of hydrogen-bond acceptors (Lipinski definition) is 24. The molecule has 12 bridgehead atoms. The summed E-state index contributed by atoms with van der Waals surface area (Å²) in [5.41, 5.74) is 6.56. The normalized spacial score (nSPS) is 12.4. The average molecular weight is 1830 g/mol. The van der Waals surface area contributed by atoms with Crippen LogP contribution in [0.15, 0.2) is 72.8 Å². The number of carbonyl (C=O) groups is 12. The molecule has 30 nitrogen and oxygen atoms in total. The van der Waals surface area contributed by atoms with E-state index in [0.717, 1.165) is 33.4 Å². The van der Waals surface area contributed by atoms with Crippen LogP contribution in [-0.2, 0) is 157 Å². The lowest BCUT2D eigenvalue weighted by Gasteiger charge is -2.29. The van der Waals surface area contributed by atoms with Crippen molar-refractivity contribution in [3.63, 3.8) is 0 Å². The molecule has 6 aromatic carbocycles. The molecular formula is C102H138N6O24. The summed E-state index contributed by atoms with van der Waals surface area (Å²) in [6, 6.07) is 23.7. The van der Waals surface area contributed by atoms with Gasteiger partial charge in [-0.1, -0.05) is 197 Å². The van der Waals surface area contributed by atoms with E-state index in [-0.39, 0.29) is 113 Å². The van der Waals surface area contributed by atoms with Crippen LogP contribution in [0.1, 0.15) is 266 Å². The van der Waals surface area contributed by atoms with E-state index in [4.69, 9.17) is 56.8 Å². The predicted molar refractivity (Wildman–Crippen MR) is 499 cm³/mol. The van der Waals surface area contributed by atoms with Crippen LogP contribution < -0.4 is 60.3 Å². The van der Waals surface area contributed by atoms with Crippen molar-refractivity contribution in [2.45, 2.75) is 237 Å². The van der Waals surface area contributed by atoms with Gasteiger partial charge in [-0.3, -0.25) is 57.5 Å². The Morgan fingerprint density at radius 3 is 0.402 bits per heavy atom. The van der Waals surface area contributed by atoms with Gasteiger partial charge in [0.1, 0.15) is 73.8 Å². The molecule has 0 aliphatic heterocycles. The van der Waals surface area contributed by atoms with Crippen LogP contribution >= 0.6 is 0 Å². The van der Waals surface area contributed by atoms with E-state index < -0.39 is 183 Å². The molecule has 6 N–H and O–H groups in total. The van der Waals surface area contributed by atoms with E-state index >= 15 is 0 Å². The van der Waals surface area contributed by atoms with Gasteiger partial charge >= 0.3 is 35.8 Å². The van der Waals surface area contributed by atoms with Gasteiger partial charge in [-0.25, -0.2) is 0 Å². The molecule has 0 unspecified atom stereocenters. The number of ether oxygens (including phenoxy) is 12. The molecular weight excluding hydrogens is 1690 g/mol. The lowest BCUT2D eigenvalue weighted by molar-refractivity contribution is -0.144. The zero-order valence-electron chi connectivity index (χ0n) is 81.7. The largest absolute Gasteiger partial charge is 0.483 e. The van der Waals surface area contributed by atoms with Crippen LogP contribution in [0.5, 0.6) is 34.5 Å². The molecule has 1 aliphatic carbocycles. The highest BCUT2D eigenvalue weighted by atomic mass is 16.6. The number of fused-ring (bicyclic) bond motifs is 12.